The fraction of sp³-hybridized carbons (Fsp3) is 0.333. The van der Waals surface area contributed by atoms with Gasteiger partial charge in [0.25, 0.3) is 0 Å². The van der Waals surface area contributed by atoms with Gasteiger partial charge in [-0.1, -0.05) is 18.2 Å². The van der Waals surface area contributed by atoms with Crippen LogP contribution in [0.2, 0.25) is 0 Å². The predicted molar refractivity (Wildman–Crippen MR) is 74.1 cm³/mol. The molecule has 3 rings (SSSR count). The van der Waals surface area contributed by atoms with E-state index in [-0.39, 0.29) is 12.5 Å². The van der Waals surface area contributed by atoms with E-state index < -0.39 is 0 Å². The molecule has 0 unspecified atom stereocenters. The van der Waals surface area contributed by atoms with Gasteiger partial charge in [0, 0.05) is 31.2 Å². The van der Waals surface area contributed by atoms with Crippen molar-refractivity contribution in [2.75, 3.05) is 24.6 Å². The Morgan fingerprint density at radius 2 is 2.20 bits per heavy atom. The number of nitrogens with zero attached hydrogens (tertiary/aromatic N) is 3. The average Bonchev–Trinajstić information content (AvgIpc) is 3.14. The Hall–Kier alpha value is -2.32. The molecular formula is C15H15N3O2. The molecule has 1 aliphatic heterocycles. The first kappa shape index (κ1) is 12.7. The van der Waals surface area contributed by atoms with E-state index in [4.69, 9.17) is 4.42 Å². The highest BCUT2D eigenvalue weighted by atomic mass is 16.4. The molecule has 0 bridgehead atoms. The monoisotopic (exact) mass is 269 g/mol. The SMILES string of the molecule is N#Cc1nc(-c2ccccc2)oc1N1CC[C@@H](CO)C1. The van der Waals surface area contributed by atoms with Crippen LogP contribution >= 0.6 is 0 Å². The minimum atomic E-state index is 0.165. The number of rotatable bonds is 3. The molecule has 1 aromatic heterocycles. The summed E-state index contributed by atoms with van der Waals surface area (Å²) in [5.41, 5.74) is 1.16. The molecule has 5 heteroatoms. The average molecular weight is 269 g/mol. The standard InChI is InChI=1S/C15H15N3O2/c16-8-13-15(18-7-6-11(9-18)10-19)20-14(17-13)12-4-2-1-3-5-12/h1-5,11,19H,6-7,9-10H2/t11-/m1/s1. The lowest BCUT2D eigenvalue weighted by atomic mass is 10.1. The maximum Gasteiger partial charge on any atom is 0.235 e. The summed E-state index contributed by atoms with van der Waals surface area (Å²) in [7, 11) is 0. The van der Waals surface area contributed by atoms with E-state index in [9.17, 15) is 10.4 Å². The van der Waals surface area contributed by atoms with Crippen molar-refractivity contribution >= 4 is 5.88 Å². The van der Waals surface area contributed by atoms with Crippen LogP contribution in [0.25, 0.3) is 11.5 Å². The Kier molecular flexibility index (Phi) is 3.40. The van der Waals surface area contributed by atoms with Crippen molar-refractivity contribution in [3.8, 4) is 17.5 Å². The zero-order valence-corrected chi connectivity index (χ0v) is 11.0. The topological polar surface area (TPSA) is 73.3 Å². The Morgan fingerprint density at radius 1 is 1.40 bits per heavy atom. The number of aliphatic hydroxyl groups is 1. The van der Waals surface area contributed by atoms with Crippen molar-refractivity contribution in [3.63, 3.8) is 0 Å². The summed E-state index contributed by atoms with van der Waals surface area (Å²) in [5, 5.41) is 18.4. The van der Waals surface area contributed by atoms with Crippen LogP contribution in [0.15, 0.2) is 34.7 Å². The van der Waals surface area contributed by atoms with Gasteiger partial charge in [-0.3, -0.25) is 0 Å². The van der Waals surface area contributed by atoms with Crippen LogP contribution in [0.3, 0.4) is 0 Å². The van der Waals surface area contributed by atoms with Crippen LogP contribution in [-0.4, -0.2) is 29.8 Å². The number of aromatic nitrogens is 1. The highest BCUT2D eigenvalue weighted by Gasteiger charge is 2.27. The number of hydrogen-bond donors (Lipinski definition) is 1. The molecule has 20 heavy (non-hydrogen) atoms. The van der Waals surface area contributed by atoms with E-state index in [0.29, 0.717) is 24.0 Å². The van der Waals surface area contributed by atoms with E-state index in [2.05, 4.69) is 11.1 Å². The van der Waals surface area contributed by atoms with Crippen LogP contribution < -0.4 is 4.90 Å². The van der Waals surface area contributed by atoms with Gasteiger partial charge < -0.3 is 14.4 Å². The quantitative estimate of drug-likeness (QED) is 0.923. The number of aliphatic hydroxyl groups excluding tert-OH is 1. The van der Waals surface area contributed by atoms with Gasteiger partial charge in [-0.25, -0.2) is 0 Å². The summed E-state index contributed by atoms with van der Waals surface area (Å²) < 4.78 is 5.78. The van der Waals surface area contributed by atoms with Gasteiger partial charge in [0.15, 0.2) is 0 Å². The van der Waals surface area contributed by atoms with Crippen LogP contribution in [0, 0.1) is 17.2 Å². The van der Waals surface area contributed by atoms with Gasteiger partial charge in [0.05, 0.1) is 0 Å². The van der Waals surface area contributed by atoms with Crippen LogP contribution in [0.4, 0.5) is 5.88 Å². The van der Waals surface area contributed by atoms with E-state index in [1.54, 1.807) is 0 Å². The summed E-state index contributed by atoms with van der Waals surface area (Å²) in [6, 6.07) is 11.6. The lowest BCUT2D eigenvalue weighted by Gasteiger charge is -2.14. The van der Waals surface area contributed by atoms with Gasteiger partial charge >= 0.3 is 0 Å². The Labute approximate surface area is 117 Å². The molecule has 5 nitrogen and oxygen atoms in total. The predicted octanol–water partition coefficient (Wildman–Crippen LogP) is 2.03. The third-order valence-corrected chi connectivity index (χ3v) is 3.57. The van der Waals surface area contributed by atoms with Crippen molar-refractivity contribution in [3.05, 3.63) is 36.0 Å². The Morgan fingerprint density at radius 3 is 2.85 bits per heavy atom. The number of hydrogen-bond acceptors (Lipinski definition) is 5. The molecule has 102 valence electrons. The second-order valence-electron chi connectivity index (χ2n) is 4.93. The van der Waals surface area contributed by atoms with Crippen molar-refractivity contribution in [2.24, 2.45) is 5.92 Å². The van der Waals surface area contributed by atoms with Crippen molar-refractivity contribution in [1.82, 2.24) is 4.98 Å². The molecule has 2 aromatic rings. The van der Waals surface area contributed by atoms with Crippen molar-refractivity contribution in [2.45, 2.75) is 6.42 Å². The second kappa shape index (κ2) is 5.35. The highest BCUT2D eigenvalue weighted by molar-refractivity contribution is 5.59. The summed E-state index contributed by atoms with van der Waals surface area (Å²) in [4.78, 5) is 6.25. The van der Waals surface area contributed by atoms with Gasteiger partial charge in [0.1, 0.15) is 6.07 Å². The van der Waals surface area contributed by atoms with Crippen LogP contribution in [-0.2, 0) is 0 Å². The van der Waals surface area contributed by atoms with E-state index in [1.165, 1.54) is 0 Å². The molecule has 1 atom stereocenters. The lowest BCUT2D eigenvalue weighted by molar-refractivity contribution is 0.238. The maximum atomic E-state index is 9.21. The summed E-state index contributed by atoms with van der Waals surface area (Å²) in [6.45, 7) is 1.65. The Balaban J connectivity index is 1.93. The molecule has 1 saturated heterocycles. The minimum absolute atomic E-state index is 0.165. The molecule has 1 aromatic carbocycles. The first-order valence-electron chi connectivity index (χ1n) is 6.64. The third kappa shape index (κ3) is 2.26. The number of oxazole rings is 1. The molecule has 0 radical (unpaired) electrons. The largest absolute Gasteiger partial charge is 0.419 e. The number of anilines is 1. The summed E-state index contributed by atoms with van der Waals surface area (Å²) >= 11 is 0. The Bertz CT molecular complexity index is 630. The molecule has 1 N–H and O–H groups in total. The van der Waals surface area contributed by atoms with Gasteiger partial charge in [-0.2, -0.15) is 10.2 Å². The molecule has 2 heterocycles. The van der Waals surface area contributed by atoms with Gasteiger partial charge in [-0.05, 0) is 18.6 Å². The third-order valence-electron chi connectivity index (χ3n) is 3.57. The fourth-order valence-corrected chi connectivity index (χ4v) is 2.47. The highest BCUT2D eigenvalue weighted by Crippen LogP contribution is 2.31. The van der Waals surface area contributed by atoms with Gasteiger partial charge in [0.2, 0.25) is 17.5 Å². The molecule has 0 saturated carbocycles. The smallest absolute Gasteiger partial charge is 0.235 e. The molecule has 1 fully saturated rings. The van der Waals surface area contributed by atoms with E-state index in [0.717, 1.165) is 18.5 Å². The molecule has 0 aliphatic carbocycles. The van der Waals surface area contributed by atoms with E-state index in [1.807, 2.05) is 35.2 Å². The normalized spacial score (nSPS) is 18.2. The summed E-state index contributed by atoms with van der Waals surface area (Å²) in [5.74, 6) is 1.22. The van der Waals surface area contributed by atoms with Crippen LogP contribution in [0.5, 0.6) is 0 Å². The maximum absolute atomic E-state index is 9.21. The number of benzene rings is 1. The fourth-order valence-electron chi connectivity index (χ4n) is 2.47. The first-order valence-corrected chi connectivity index (χ1v) is 6.64. The summed E-state index contributed by atoms with van der Waals surface area (Å²) in [6.07, 6.45) is 0.905. The van der Waals surface area contributed by atoms with Crippen molar-refractivity contribution in [1.29, 1.82) is 5.26 Å². The molecule has 0 spiro atoms. The van der Waals surface area contributed by atoms with Crippen molar-refractivity contribution < 1.29 is 9.52 Å². The molecular weight excluding hydrogens is 254 g/mol. The van der Waals surface area contributed by atoms with Gasteiger partial charge in [-0.15, -0.1) is 0 Å². The lowest BCUT2D eigenvalue weighted by Crippen LogP contribution is -2.20. The molecule has 1 aliphatic rings. The van der Waals surface area contributed by atoms with E-state index >= 15 is 0 Å². The van der Waals surface area contributed by atoms with Crippen LogP contribution in [0.1, 0.15) is 12.1 Å². The molecule has 0 amide bonds. The second-order valence-corrected chi connectivity index (χ2v) is 4.93. The zero-order chi connectivity index (χ0) is 13.9. The first-order chi connectivity index (χ1) is 9.81. The zero-order valence-electron chi connectivity index (χ0n) is 11.0. The number of nitriles is 1. The minimum Gasteiger partial charge on any atom is -0.419 e.